The normalized spacial score (nSPS) is 14.9. The van der Waals surface area contributed by atoms with Crippen LogP contribution in [0, 0.1) is 13.8 Å². The maximum absolute atomic E-state index is 11.7. The molecule has 0 heterocycles. The Bertz CT molecular complexity index is 438. The zero-order valence-corrected chi connectivity index (χ0v) is 8.18. The number of allylic oxidation sites excluding steroid dienone is 1. The molecule has 0 fully saturated rings. The van der Waals surface area contributed by atoms with Crippen molar-refractivity contribution in [3.8, 4) is 0 Å². The first-order chi connectivity index (χ1) is 6.54. The van der Waals surface area contributed by atoms with E-state index in [1.54, 1.807) is 0 Å². The molecule has 0 radical (unpaired) electrons. The van der Waals surface area contributed by atoms with E-state index in [-0.39, 0.29) is 17.1 Å². The van der Waals surface area contributed by atoms with Crippen LogP contribution in [0.4, 0.5) is 0 Å². The van der Waals surface area contributed by atoms with Gasteiger partial charge in [0.1, 0.15) is 0 Å². The van der Waals surface area contributed by atoms with Crippen molar-refractivity contribution in [2.45, 2.75) is 13.8 Å². The topological polar surface area (TPSA) is 34.1 Å². The van der Waals surface area contributed by atoms with E-state index in [2.05, 4.69) is 6.58 Å². The van der Waals surface area contributed by atoms with Crippen molar-refractivity contribution in [3.05, 3.63) is 46.5 Å². The molecule has 0 atom stereocenters. The highest BCUT2D eigenvalue weighted by Gasteiger charge is 2.33. The number of benzene rings is 1. The summed E-state index contributed by atoms with van der Waals surface area (Å²) in [5.41, 5.74) is 2.88. The third-order valence-corrected chi connectivity index (χ3v) is 2.62. The van der Waals surface area contributed by atoms with Gasteiger partial charge in [0.15, 0.2) is 11.6 Å². The van der Waals surface area contributed by atoms with Crippen molar-refractivity contribution in [2.75, 3.05) is 0 Å². The minimum absolute atomic E-state index is 0.0948. The second-order valence-electron chi connectivity index (χ2n) is 3.59. The molecule has 1 aromatic carbocycles. The van der Waals surface area contributed by atoms with Crippen LogP contribution in [0.3, 0.4) is 0 Å². The largest absolute Gasteiger partial charge is 0.288 e. The molecule has 0 saturated carbocycles. The maximum atomic E-state index is 11.7. The van der Waals surface area contributed by atoms with Gasteiger partial charge in [0.2, 0.25) is 0 Å². The maximum Gasteiger partial charge on any atom is 0.197 e. The van der Waals surface area contributed by atoms with Crippen molar-refractivity contribution in [1.82, 2.24) is 0 Å². The molecule has 0 spiro atoms. The highest BCUT2D eigenvalue weighted by molar-refractivity contribution is 6.39. The zero-order chi connectivity index (χ0) is 10.5. The first kappa shape index (κ1) is 8.88. The Morgan fingerprint density at radius 1 is 0.929 bits per heavy atom. The molecule has 0 bridgehead atoms. The fourth-order valence-corrected chi connectivity index (χ4v) is 1.80. The number of Topliss-reactive ketones (excluding diaryl/α,β-unsaturated/α-hetero) is 2. The van der Waals surface area contributed by atoms with Gasteiger partial charge < -0.3 is 0 Å². The molecule has 2 nitrogen and oxygen atoms in total. The number of carbonyl (C=O) groups is 2. The number of carbonyl (C=O) groups excluding carboxylic acids is 2. The summed E-state index contributed by atoms with van der Waals surface area (Å²) in [6, 6.07) is 3.72. The van der Waals surface area contributed by atoms with Crippen molar-refractivity contribution >= 4 is 11.6 Å². The van der Waals surface area contributed by atoms with Gasteiger partial charge in [0, 0.05) is 11.1 Å². The summed E-state index contributed by atoms with van der Waals surface area (Å²) in [7, 11) is 0. The van der Waals surface area contributed by atoms with Gasteiger partial charge in [-0.05, 0) is 25.0 Å². The average molecular weight is 186 g/mol. The zero-order valence-electron chi connectivity index (χ0n) is 8.18. The number of fused-ring (bicyclic) bond motifs is 1. The molecule has 1 aliphatic carbocycles. The highest BCUT2D eigenvalue weighted by atomic mass is 16.2. The Morgan fingerprint density at radius 2 is 1.29 bits per heavy atom. The summed E-state index contributed by atoms with van der Waals surface area (Å²) in [6.07, 6.45) is 0. The molecule has 2 rings (SSSR count). The minimum Gasteiger partial charge on any atom is -0.288 e. The molecular weight excluding hydrogens is 176 g/mol. The van der Waals surface area contributed by atoms with Gasteiger partial charge in [-0.1, -0.05) is 18.7 Å². The number of ketones is 2. The molecular formula is C12H10O2. The van der Waals surface area contributed by atoms with Crippen LogP contribution in [0.5, 0.6) is 0 Å². The van der Waals surface area contributed by atoms with Crippen LogP contribution in [0.2, 0.25) is 0 Å². The number of rotatable bonds is 0. The van der Waals surface area contributed by atoms with Crippen molar-refractivity contribution in [1.29, 1.82) is 0 Å². The molecule has 0 amide bonds. The summed E-state index contributed by atoms with van der Waals surface area (Å²) in [5, 5.41) is 0. The standard InChI is InChI=1S/C12H10O2/c1-6-4-5-7(2)10-9(6)11(13)8(3)12(10)14/h4-5H,3H2,1-2H3. The Kier molecular flexibility index (Phi) is 1.68. The molecule has 70 valence electrons. The number of hydrogen-bond acceptors (Lipinski definition) is 2. The van der Waals surface area contributed by atoms with Gasteiger partial charge in [-0.25, -0.2) is 0 Å². The lowest BCUT2D eigenvalue weighted by Gasteiger charge is -2.03. The van der Waals surface area contributed by atoms with Crippen LogP contribution in [0.25, 0.3) is 0 Å². The Labute approximate surface area is 82.2 Å². The summed E-state index contributed by atoms with van der Waals surface area (Å²) in [4.78, 5) is 23.3. The summed E-state index contributed by atoms with van der Waals surface area (Å²) in [5.74, 6) is -0.433. The van der Waals surface area contributed by atoms with E-state index in [1.165, 1.54) is 0 Å². The molecule has 0 N–H and O–H groups in total. The van der Waals surface area contributed by atoms with E-state index in [1.807, 2.05) is 26.0 Å². The van der Waals surface area contributed by atoms with Crippen molar-refractivity contribution < 1.29 is 9.59 Å². The van der Waals surface area contributed by atoms with Crippen LogP contribution in [0.1, 0.15) is 31.8 Å². The van der Waals surface area contributed by atoms with Gasteiger partial charge in [-0.3, -0.25) is 9.59 Å². The summed E-state index contributed by atoms with van der Waals surface area (Å²) >= 11 is 0. The molecule has 1 aromatic rings. The smallest absolute Gasteiger partial charge is 0.197 e. The molecule has 0 aromatic heterocycles. The van der Waals surface area contributed by atoms with Gasteiger partial charge in [0.05, 0.1) is 5.57 Å². The van der Waals surface area contributed by atoms with Crippen LogP contribution in [0.15, 0.2) is 24.3 Å². The SMILES string of the molecule is C=C1C(=O)c2c(C)ccc(C)c2C1=O. The fraction of sp³-hybridized carbons (Fsp3) is 0.167. The molecule has 14 heavy (non-hydrogen) atoms. The highest BCUT2D eigenvalue weighted by Crippen LogP contribution is 2.30. The van der Waals surface area contributed by atoms with E-state index in [9.17, 15) is 9.59 Å². The van der Waals surface area contributed by atoms with Crippen molar-refractivity contribution in [2.24, 2.45) is 0 Å². The van der Waals surface area contributed by atoms with E-state index >= 15 is 0 Å². The predicted molar refractivity (Wildman–Crippen MR) is 53.7 cm³/mol. The Balaban J connectivity index is 2.87. The molecule has 0 aliphatic heterocycles. The van der Waals surface area contributed by atoms with Gasteiger partial charge in [-0.15, -0.1) is 0 Å². The van der Waals surface area contributed by atoms with Crippen molar-refractivity contribution in [3.63, 3.8) is 0 Å². The van der Waals surface area contributed by atoms with Crippen LogP contribution >= 0.6 is 0 Å². The Morgan fingerprint density at radius 3 is 1.64 bits per heavy atom. The Hall–Kier alpha value is -1.70. The average Bonchev–Trinajstić information content (AvgIpc) is 2.38. The molecule has 1 aliphatic rings. The van der Waals surface area contributed by atoms with E-state index < -0.39 is 0 Å². The first-order valence-corrected chi connectivity index (χ1v) is 4.42. The molecule has 2 heteroatoms. The number of aryl methyl sites for hydroxylation is 2. The summed E-state index contributed by atoms with van der Waals surface area (Å²) < 4.78 is 0. The quantitative estimate of drug-likeness (QED) is 0.460. The third-order valence-electron chi connectivity index (χ3n) is 2.62. The van der Waals surface area contributed by atoms with E-state index in [4.69, 9.17) is 0 Å². The summed E-state index contributed by atoms with van der Waals surface area (Å²) in [6.45, 7) is 7.18. The molecule has 0 saturated heterocycles. The van der Waals surface area contributed by atoms with E-state index in [0.29, 0.717) is 11.1 Å². The van der Waals surface area contributed by atoms with Crippen LogP contribution in [-0.4, -0.2) is 11.6 Å². The minimum atomic E-state index is -0.216. The predicted octanol–water partition coefficient (Wildman–Crippen LogP) is 2.24. The van der Waals surface area contributed by atoms with Gasteiger partial charge in [-0.2, -0.15) is 0 Å². The fourth-order valence-electron chi connectivity index (χ4n) is 1.80. The van der Waals surface area contributed by atoms with E-state index in [0.717, 1.165) is 11.1 Å². The first-order valence-electron chi connectivity index (χ1n) is 4.42. The van der Waals surface area contributed by atoms with Crippen LogP contribution in [-0.2, 0) is 0 Å². The third kappa shape index (κ3) is 0.909. The van der Waals surface area contributed by atoms with Gasteiger partial charge >= 0.3 is 0 Å². The van der Waals surface area contributed by atoms with Crippen LogP contribution < -0.4 is 0 Å². The molecule has 0 unspecified atom stereocenters. The van der Waals surface area contributed by atoms with Gasteiger partial charge in [0.25, 0.3) is 0 Å². The number of hydrogen-bond donors (Lipinski definition) is 0. The lowest BCUT2D eigenvalue weighted by molar-refractivity contribution is 0.0989. The monoisotopic (exact) mass is 186 g/mol. The second-order valence-corrected chi connectivity index (χ2v) is 3.59. The second kappa shape index (κ2) is 2.64. The lowest BCUT2D eigenvalue weighted by atomic mass is 9.99. The lowest BCUT2D eigenvalue weighted by Crippen LogP contribution is -1.98.